The summed E-state index contributed by atoms with van der Waals surface area (Å²) in [5.74, 6) is 0.567. The van der Waals surface area contributed by atoms with E-state index in [0.29, 0.717) is 6.42 Å². The van der Waals surface area contributed by atoms with Crippen molar-refractivity contribution in [2.24, 2.45) is 0 Å². The monoisotopic (exact) mass is 487 g/mol. The van der Waals surface area contributed by atoms with Crippen LogP contribution >= 0.6 is 23.1 Å². The van der Waals surface area contributed by atoms with Crippen molar-refractivity contribution < 1.29 is 13.2 Å². The minimum absolute atomic E-state index is 0.0225. The van der Waals surface area contributed by atoms with Crippen LogP contribution in [0.15, 0.2) is 47.8 Å². The van der Waals surface area contributed by atoms with Gasteiger partial charge in [-0.2, -0.15) is 0 Å². The highest BCUT2D eigenvalue weighted by Crippen LogP contribution is 2.37. The van der Waals surface area contributed by atoms with Gasteiger partial charge in [0.25, 0.3) is 0 Å². The number of sulfone groups is 1. The first-order valence-corrected chi connectivity index (χ1v) is 14.6. The highest BCUT2D eigenvalue weighted by atomic mass is 32.2. The number of carbonyl (C=O) groups excluding carboxylic acids is 1. The SMILES string of the molecule is O=C(CSc1ncnc2sc(-c3ccccc3)cc12)N(C1CCCC1)[C@@H]1CCS(=O)(=O)C1. The van der Waals surface area contributed by atoms with Crippen LogP contribution in [0.1, 0.15) is 32.1 Å². The van der Waals surface area contributed by atoms with Crippen LogP contribution in [-0.4, -0.2) is 58.5 Å². The van der Waals surface area contributed by atoms with Crippen LogP contribution in [0, 0.1) is 0 Å². The molecule has 6 nitrogen and oxygen atoms in total. The summed E-state index contributed by atoms with van der Waals surface area (Å²) in [5, 5.41) is 1.76. The molecule has 2 aliphatic rings. The lowest BCUT2D eigenvalue weighted by atomic mass is 10.1. The molecule has 5 rings (SSSR count). The van der Waals surface area contributed by atoms with Crippen LogP contribution in [0.2, 0.25) is 0 Å². The van der Waals surface area contributed by atoms with E-state index in [0.717, 1.165) is 51.4 Å². The molecular formula is C23H25N3O3S3. The molecule has 0 radical (unpaired) electrons. The molecule has 1 aliphatic carbocycles. The molecule has 1 atom stereocenters. The van der Waals surface area contributed by atoms with Crippen molar-refractivity contribution in [1.29, 1.82) is 0 Å². The largest absolute Gasteiger partial charge is 0.335 e. The number of hydrogen-bond donors (Lipinski definition) is 0. The van der Waals surface area contributed by atoms with Gasteiger partial charge in [-0.25, -0.2) is 18.4 Å². The topological polar surface area (TPSA) is 80.2 Å². The van der Waals surface area contributed by atoms with E-state index >= 15 is 0 Å². The number of hydrogen-bond acceptors (Lipinski definition) is 7. The zero-order valence-electron chi connectivity index (χ0n) is 17.6. The quantitative estimate of drug-likeness (QED) is 0.379. The summed E-state index contributed by atoms with van der Waals surface area (Å²) in [6, 6.07) is 12.2. The molecule has 32 heavy (non-hydrogen) atoms. The molecular weight excluding hydrogens is 462 g/mol. The van der Waals surface area contributed by atoms with Gasteiger partial charge in [-0.05, 0) is 30.9 Å². The van der Waals surface area contributed by atoms with Gasteiger partial charge in [-0.1, -0.05) is 54.9 Å². The normalized spacial score (nSPS) is 20.7. The number of nitrogens with zero attached hydrogens (tertiary/aromatic N) is 3. The smallest absolute Gasteiger partial charge is 0.233 e. The van der Waals surface area contributed by atoms with Gasteiger partial charge >= 0.3 is 0 Å². The number of rotatable bonds is 6. The van der Waals surface area contributed by atoms with E-state index in [-0.39, 0.29) is 35.2 Å². The molecule has 2 fully saturated rings. The first-order valence-electron chi connectivity index (χ1n) is 10.9. The zero-order chi connectivity index (χ0) is 22.1. The van der Waals surface area contributed by atoms with Crippen LogP contribution in [-0.2, 0) is 14.6 Å². The van der Waals surface area contributed by atoms with Gasteiger partial charge in [0, 0.05) is 22.3 Å². The van der Waals surface area contributed by atoms with Crippen LogP contribution in [0.3, 0.4) is 0 Å². The average Bonchev–Trinajstić information content (AvgIpc) is 3.53. The second kappa shape index (κ2) is 9.11. The Labute approximate surface area is 196 Å². The second-order valence-corrected chi connectivity index (χ2v) is 12.7. The molecule has 1 saturated heterocycles. The van der Waals surface area contributed by atoms with Crippen LogP contribution in [0.5, 0.6) is 0 Å². The van der Waals surface area contributed by atoms with Gasteiger partial charge in [-0.3, -0.25) is 4.79 Å². The van der Waals surface area contributed by atoms with Crippen molar-refractivity contribution in [3.05, 3.63) is 42.7 Å². The minimum Gasteiger partial charge on any atom is -0.335 e. The van der Waals surface area contributed by atoms with Gasteiger partial charge in [-0.15, -0.1) is 11.3 Å². The Morgan fingerprint density at radius 3 is 2.59 bits per heavy atom. The van der Waals surface area contributed by atoms with Crippen molar-refractivity contribution in [2.45, 2.75) is 49.2 Å². The maximum atomic E-state index is 13.3. The second-order valence-electron chi connectivity index (χ2n) is 8.46. The van der Waals surface area contributed by atoms with E-state index in [1.54, 1.807) is 17.7 Å². The molecule has 0 spiro atoms. The maximum absolute atomic E-state index is 13.3. The van der Waals surface area contributed by atoms with Gasteiger partial charge in [0.2, 0.25) is 5.91 Å². The third-order valence-electron chi connectivity index (χ3n) is 6.29. The lowest BCUT2D eigenvalue weighted by Crippen LogP contribution is -2.47. The first kappa shape index (κ1) is 21.9. The Kier molecular flexibility index (Phi) is 6.22. The Hall–Kier alpha value is -1.97. The van der Waals surface area contributed by atoms with Gasteiger partial charge < -0.3 is 4.90 Å². The molecule has 0 bridgehead atoms. The molecule has 3 heterocycles. The predicted octanol–water partition coefficient (Wildman–Crippen LogP) is 4.41. The molecule has 9 heteroatoms. The fourth-order valence-corrected chi connectivity index (χ4v) is 8.40. The highest BCUT2D eigenvalue weighted by molar-refractivity contribution is 8.00. The van der Waals surface area contributed by atoms with E-state index in [2.05, 4.69) is 28.2 Å². The summed E-state index contributed by atoms with van der Waals surface area (Å²) in [4.78, 5) is 26.2. The fourth-order valence-electron chi connectivity index (χ4n) is 4.78. The van der Waals surface area contributed by atoms with E-state index in [4.69, 9.17) is 0 Å². The molecule has 168 valence electrons. The number of benzene rings is 1. The van der Waals surface area contributed by atoms with E-state index in [1.807, 2.05) is 23.1 Å². The van der Waals surface area contributed by atoms with Crippen molar-refractivity contribution in [1.82, 2.24) is 14.9 Å². The van der Waals surface area contributed by atoms with Gasteiger partial charge in [0.1, 0.15) is 16.2 Å². The number of amides is 1. The van der Waals surface area contributed by atoms with Crippen molar-refractivity contribution in [2.75, 3.05) is 17.3 Å². The lowest BCUT2D eigenvalue weighted by molar-refractivity contribution is -0.132. The number of thioether (sulfide) groups is 1. The van der Waals surface area contributed by atoms with Crippen molar-refractivity contribution in [3.63, 3.8) is 0 Å². The number of carbonyl (C=O) groups is 1. The Morgan fingerprint density at radius 1 is 1.09 bits per heavy atom. The standard InChI is InChI=1S/C23H25N3O3S3/c27-21(26(17-8-4-5-9-17)18-10-11-32(28,29)14-18)13-30-22-19-12-20(16-6-2-1-3-7-16)31-23(19)25-15-24-22/h1-3,6-7,12,15,17-18H,4-5,8-11,13-14H2/t18-/m1/s1. The van der Waals surface area contributed by atoms with Crippen molar-refractivity contribution >= 4 is 49.1 Å². The molecule has 1 saturated carbocycles. The minimum atomic E-state index is -3.04. The molecule has 0 unspecified atom stereocenters. The third kappa shape index (κ3) is 4.56. The number of thiophene rings is 1. The van der Waals surface area contributed by atoms with E-state index in [9.17, 15) is 13.2 Å². The lowest BCUT2D eigenvalue weighted by Gasteiger charge is -2.34. The Balaban J connectivity index is 1.35. The molecule has 1 amide bonds. The Morgan fingerprint density at radius 2 is 1.88 bits per heavy atom. The fraction of sp³-hybridized carbons (Fsp3) is 0.435. The van der Waals surface area contributed by atoms with Crippen molar-refractivity contribution in [3.8, 4) is 10.4 Å². The number of fused-ring (bicyclic) bond motifs is 1. The molecule has 0 N–H and O–H groups in total. The zero-order valence-corrected chi connectivity index (χ0v) is 20.1. The van der Waals surface area contributed by atoms with E-state index < -0.39 is 9.84 Å². The predicted molar refractivity (Wildman–Crippen MR) is 130 cm³/mol. The first-order chi connectivity index (χ1) is 15.5. The highest BCUT2D eigenvalue weighted by Gasteiger charge is 2.38. The number of aromatic nitrogens is 2. The summed E-state index contributed by atoms with van der Waals surface area (Å²) in [5.41, 5.74) is 1.14. The Bertz CT molecular complexity index is 1220. The summed E-state index contributed by atoms with van der Waals surface area (Å²) in [6.07, 6.45) is 6.25. The summed E-state index contributed by atoms with van der Waals surface area (Å²) in [6.45, 7) is 0. The molecule has 2 aromatic heterocycles. The van der Waals surface area contributed by atoms with Gasteiger partial charge in [0.05, 0.1) is 17.3 Å². The molecule has 1 aliphatic heterocycles. The molecule has 3 aromatic rings. The van der Waals surface area contributed by atoms with E-state index in [1.165, 1.54) is 11.8 Å². The van der Waals surface area contributed by atoms with Crippen LogP contribution in [0.4, 0.5) is 0 Å². The average molecular weight is 488 g/mol. The summed E-state index contributed by atoms with van der Waals surface area (Å²) in [7, 11) is -3.04. The summed E-state index contributed by atoms with van der Waals surface area (Å²) < 4.78 is 24.1. The molecule has 1 aromatic carbocycles. The van der Waals surface area contributed by atoms with Crippen LogP contribution < -0.4 is 0 Å². The summed E-state index contributed by atoms with van der Waals surface area (Å²) >= 11 is 3.05. The maximum Gasteiger partial charge on any atom is 0.233 e. The van der Waals surface area contributed by atoms with Crippen LogP contribution in [0.25, 0.3) is 20.7 Å². The van der Waals surface area contributed by atoms with Gasteiger partial charge in [0.15, 0.2) is 9.84 Å². The third-order valence-corrected chi connectivity index (χ3v) is 10.1.